The monoisotopic (exact) mass is 665 g/mol. The van der Waals surface area contributed by atoms with Crippen LogP contribution in [0.1, 0.15) is 68.2 Å². The van der Waals surface area contributed by atoms with Crippen LogP contribution < -0.4 is 20.5 Å². The molecule has 0 saturated carbocycles. The van der Waals surface area contributed by atoms with Crippen molar-refractivity contribution >= 4 is 28.4 Å². The SMILES string of the molecule is CC(C)c1cc(-c2cccc(OCCCc3ccncc3)c2)cc(C(C)C)c1NC(=O)N(Cc1ccccc1)c1cc2cccnc2[nH]c1=O. The molecule has 6 aromatic rings. The first-order chi connectivity index (χ1) is 24.3. The average Bonchev–Trinajstić information content (AvgIpc) is 3.13. The van der Waals surface area contributed by atoms with Crippen LogP contribution in [0.3, 0.4) is 0 Å². The highest BCUT2D eigenvalue weighted by Crippen LogP contribution is 2.38. The predicted molar refractivity (Wildman–Crippen MR) is 202 cm³/mol. The highest BCUT2D eigenvalue weighted by Gasteiger charge is 2.24. The van der Waals surface area contributed by atoms with E-state index in [1.165, 1.54) is 10.5 Å². The van der Waals surface area contributed by atoms with Gasteiger partial charge in [0.1, 0.15) is 17.1 Å². The summed E-state index contributed by atoms with van der Waals surface area (Å²) in [5.74, 6) is 1.03. The van der Waals surface area contributed by atoms with Gasteiger partial charge in [-0.2, -0.15) is 0 Å². The third-order valence-electron chi connectivity index (χ3n) is 8.79. The third-order valence-corrected chi connectivity index (χ3v) is 8.79. The summed E-state index contributed by atoms with van der Waals surface area (Å²) in [5, 5.41) is 4.00. The van der Waals surface area contributed by atoms with E-state index in [0.717, 1.165) is 57.5 Å². The molecule has 0 bridgehead atoms. The standard InChI is InChI=1S/C42H43N5O3/c1-28(2)36-24-34(32-14-8-16-35(23-32)50-22-10-13-30-17-20-43-21-18-30)25-37(29(3)4)39(36)45-42(49)47(27-31-11-6-5-7-12-31)38-26-33-15-9-19-44-40(33)46-41(38)48/h5-9,11-12,14-21,23-26,28-29H,10,13,22,27H2,1-4H3,(H,45,49)(H,44,46,48). The number of carbonyl (C=O) groups excluding carboxylic acids is 1. The first-order valence-corrected chi connectivity index (χ1v) is 17.2. The zero-order valence-electron chi connectivity index (χ0n) is 29.0. The smallest absolute Gasteiger partial charge is 0.326 e. The molecule has 3 heterocycles. The number of hydrogen-bond acceptors (Lipinski definition) is 5. The minimum atomic E-state index is -0.388. The fourth-order valence-electron chi connectivity index (χ4n) is 6.12. The number of carbonyl (C=O) groups is 1. The second kappa shape index (κ2) is 15.6. The number of amides is 2. The van der Waals surface area contributed by atoms with Gasteiger partial charge in [-0.25, -0.2) is 9.78 Å². The second-order valence-corrected chi connectivity index (χ2v) is 13.1. The molecule has 2 amide bonds. The lowest BCUT2D eigenvalue weighted by Gasteiger charge is -2.27. The number of aryl methyl sites for hydroxylation is 1. The first kappa shape index (κ1) is 34.1. The molecule has 0 unspecified atom stereocenters. The van der Waals surface area contributed by atoms with Crippen molar-refractivity contribution in [3.05, 3.63) is 148 Å². The molecule has 0 aliphatic heterocycles. The number of anilines is 2. The molecule has 50 heavy (non-hydrogen) atoms. The van der Waals surface area contributed by atoms with Crippen molar-refractivity contribution in [3.8, 4) is 16.9 Å². The Morgan fingerprint density at radius 2 is 1.54 bits per heavy atom. The van der Waals surface area contributed by atoms with Gasteiger partial charge in [0.05, 0.1) is 13.2 Å². The topological polar surface area (TPSA) is 100 Å². The van der Waals surface area contributed by atoms with E-state index >= 15 is 0 Å². The number of aromatic nitrogens is 3. The molecule has 3 aromatic heterocycles. The third kappa shape index (κ3) is 8.09. The maximum absolute atomic E-state index is 14.4. The number of rotatable bonds is 12. The van der Waals surface area contributed by atoms with Gasteiger partial charge in [-0.05, 0) is 113 Å². The van der Waals surface area contributed by atoms with E-state index in [9.17, 15) is 9.59 Å². The summed E-state index contributed by atoms with van der Waals surface area (Å²) in [6.07, 6.45) is 7.10. The molecule has 254 valence electrons. The Labute approximate surface area is 293 Å². The van der Waals surface area contributed by atoms with Gasteiger partial charge >= 0.3 is 6.03 Å². The normalized spacial score (nSPS) is 11.2. The number of H-pyrrole nitrogens is 1. The van der Waals surface area contributed by atoms with Crippen molar-refractivity contribution in [3.63, 3.8) is 0 Å². The van der Waals surface area contributed by atoms with E-state index < -0.39 is 0 Å². The number of ether oxygens (including phenoxy) is 1. The molecule has 8 nitrogen and oxygen atoms in total. The Hall–Kier alpha value is -5.76. The Kier molecular flexibility index (Phi) is 10.7. The highest BCUT2D eigenvalue weighted by molar-refractivity contribution is 6.03. The van der Waals surface area contributed by atoms with Gasteiger partial charge in [-0.15, -0.1) is 0 Å². The minimum absolute atomic E-state index is 0.105. The number of nitrogens with one attached hydrogen (secondary N) is 2. The second-order valence-electron chi connectivity index (χ2n) is 13.1. The van der Waals surface area contributed by atoms with E-state index in [2.05, 4.69) is 72.2 Å². The Bertz CT molecular complexity index is 2100. The van der Waals surface area contributed by atoms with Gasteiger partial charge < -0.3 is 15.0 Å². The van der Waals surface area contributed by atoms with Gasteiger partial charge in [0.25, 0.3) is 5.56 Å². The van der Waals surface area contributed by atoms with Gasteiger partial charge in [0.15, 0.2) is 0 Å². The van der Waals surface area contributed by atoms with E-state index in [1.54, 1.807) is 12.3 Å². The molecular weight excluding hydrogens is 622 g/mol. The van der Waals surface area contributed by atoms with Gasteiger partial charge in [-0.1, -0.05) is 70.2 Å². The molecule has 0 fully saturated rings. The zero-order chi connectivity index (χ0) is 35.0. The summed E-state index contributed by atoms with van der Waals surface area (Å²) in [6, 6.07) is 31.3. The van der Waals surface area contributed by atoms with Gasteiger partial charge in [-0.3, -0.25) is 14.7 Å². The Morgan fingerprint density at radius 3 is 2.26 bits per heavy atom. The first-order valence-electron chi connectivity index (χ1n) is 17.2. The fourth-order valence-corrected chi connectivity index (χ4v) is 6.12. The molecule has 0 radical (unpaired) electrons. The maximum Gasteiger partial charge on any atom is 0.326 e. The fraction of sp³-hybridized carbons (Fsp3) is 0.238. The van der Waals surface area contributed by atoms with Crippen molar-refractivity contribution in [2.75, 3.05) is 16.8 Å². The summed E-state index contributed by atoms with van der Waals surface area (Å²) in [5.41, 5.74) is 7.37. The summed E-state index contributed by atoms with van der Waals surface area (Å²) in [6.45, 7) is 9.34. The molecule has 8 heteroatoms. The van der Waals surface area contributed by atoms with Crippen molar-refractivity contribution in [1.29, 1.82) is 0 Å². The lowest BCUT2D eigenvalue weighted by atomic mass is 9.88. The summed E-state index contributed by atoms with van der Waals surface area (Å²) >= 11 is 0. The van der Waals surface area contributed by atoms with Gasteiger partial charge in [0.2, 0.25) is 0 Å². The van der Waals surface area contributed by atoms with Crippen LogP contribution in [0.25, 0.3) is 22.2 Å². The quantitative estimate of drug-likeness (QED) is 0.127. The van der Waals surface area contributed by atoms with Crippen molar-refractivity contribution in [2.45, 2.75) is 58.9 Å². The molecule has 0 aliphatic rings. The van der Waals surface area contributed by atoms with Crippen molar-refractivity contribution in [1.82, 2.24) is 15.0 Å². The average molecular weight is 666 g/mol. The summed E-state index contributed by atoms with van der Waals surface area (Å²) in [7, 11) is 0. The zero-order valence-corrected chi connectivity index (χ0v) is 29.0. The van der Waals surface area contributed by atoms with E-state index in [-0.39, 0.29) is 35.7 Å². The van der Waals surface area contributed by atoms with Crippen LogP contribution in [0.15, 0.2) is 120 Å². The number of nitrogens with zero attached hydrogens (tertiary/aromatic N) is 3. The minimum Gasteiger partial charge on any atom is -0.494 e. The number of urea groups is 1. The molecule has 0 saturated heterocycles. The number of pyridine rings is 3. The molecule has 0 atom stereocenters. The van der Waals surface area contributed by atoms with Crippen LogP contribution in [0.5, 0.6) is 5.75 Å². The predicted octanol–water partition coefficient (Wildman–Crippen LogP) is 9.48. The number of aromatic amines is 1. The lowest BCUT2D eigenvalue weighted by Crippen LogP contribution is -2.38. The highest BCUT2D eigenvalue weighted by atomic mass is 16.5. The van der Waals surface area contributed by atoms with E-state index in [4.69, 9.17) is 4.74 Å². The molecule has 3 aromatic carbocycles. The largest absolute Gasteiger partial charge is 0.494 e. The maximum atomic E-state index is 14.4. The Balaban J connectivity index is 1.31. The lowest BCUT2D eigenvalue weighted by molar-refractivity contribution is 0.256. The molecule has 0 spiro atoms. The molecule has 6 rings (SSSR count). The van der Waals surface area contributed by atoms with Crippen LogP contribution >= 0.6 is 0 Å². The summed E-state index contributed by atoms with van der Waals surface area (Å²) < 4.78 is 6.17. The van der Waals surface area contributed by atoms with Crippen LogP contribution in [-0.4, -0.2) is 27.6 Å². The molecular formula is C42H43N5O3. The molecule has 2 N–H and O–H groups in total. The molecule has 0 aliphatic carbocycles. The van der Waals surface area contributed by atoms with Crippen molar-refractivity contribution in [2.24, 2.45) is 0 Å². The number of fused-ring (bicyclic) bond motifs is 1. The van der Waals surface area contributed by atoms with Crippen LogP contribution in [0.4, 0.5) is 16.2 Å². The van der Waals surface area contributed by atoms with Crippen LogP contribution in [0, 0.1) is 0 Å². The van der Waals surface area contributed by atoms with Crippen molar-refractivity contribution < 1.29 is 9.53 Å². The van der Waals surface area contributed by atoms with E-state index in [0.29, 0.717) is 12.3 Å². The van der Waals surface area contributed by atoms with Crippen LogP contribution in [-0.2, 0) is 13.0 Å². The van der Waals surface area contributed by atoms with Crippen LogP contribution in [0.2, 0.25) is 0 Å². The van der Waals surface area contributed by atoms with Gasteiger partial charge in [0, 0.05) is 29.7 Å². The van der Waals surface area contributed by atoms with E-state index in [1.807, 2.05) is 79.1 Å². The number of hydrogen-bond donors (Lipinski definition) is 2. The Morgan fingerprint density at radius 1 is 0.800 bits per heavy atom. The number of benzene rings is 3. The summed E-state index contributed by atoms with van der Waals surface area (Å²) in [4.78, 5) is 40.6.